The van der Waals surface area contributed by atoms with Gasteiger partial charge in [0, 0.05) is 41.0 Å². The van der Waals surface area contributed by atoms with Gasteiger partial charge in [0.05, 0.1) is 32.2 Å². The number of rotatable bonds is 15. The molecule has 0 saturated carbocycles. The molecular weight excluding hydrogens is 697 g/mol. The molecule has 1 saturated heterocycles. The number of benzene rings is 2. The van der Waals surface area contributed by atoms with Crippen molar-refractivity contribution in [2.45, 2.75) is 77.1 Å². The molecule has 1 aliphatic heterocycles. The number of alkyl carbamates (subject to hydrolysis) is 1. The minimum atomic E-state index is -5.19. The lowest BCUT2D eigenvalue weighted by atomic mass is 9.99. The maximum Gasteiger partial charge on any atom is 0.430 e. The number of hydrogen-bond acceptors (Lipinski definition) is 8. The Hall–Kier alpha value is -4.53. The summed E-state index contributed by atoms with van der Waals surface area (Å²) >= 11 is 0. The molecule has 0 aromatic heterocycles. The largest absolute Gasteiger partial charge is 0.542 e. The van der Waals surface area contributed by atoms with Crippen LogP contribution in [-0.2, 0) is 32.0 Å². The number of carbonyl (C=O) groups excluding carboxylic acids is 4. The molecule has 1 aliphatic rings. The molecule has 1 heterocycles. The van der Waals surface area contributed by atoms with Gasteiger partial charge in [0.1, 0.15) is 23.1 Å². The van der Waals surface area contributed by atoms with Crippen molar-refractivity contribution >= 4 is 23.9 Å². The number of aliphatic carboxylic acids is 1. The highest BCUT2D eigenvalue weighted by molar-refractivity contribution is 5.77. The third-order valence-corrected chi connectivity index (χ3v) is 8.51. The summed E-state index contributed by atoms with van der Waals surface area (Å²) in [7, 11) is 6.87. The summed E-state index contributed by atoms with van der Waals surface area (Å²) < 4.78 is 49.3. The number of carboxylic acids is 1. The van der Waals surface area contributed by atoms with E-state index in [-0.39, 0.29) is 37.2 Å². The molecule has 1 N–H and O–H groups in total. The maximum absolute atomic E-state index is 12.6. The van der Waals surface area contributed by atoms with Crippen molar-refractivity contribution in [1.82, 2.24) is 15.1 Å². The highest BCUT2D eigenvalue weighted by Gasteiger charge is 2.36. The number of nitrogens with one attached hydrogen (secondary N) is 1. The van der Waals surface area contributed by atoms with Crippen molar-refractivity contribution < 1.29 is 56.1 Å². The number of aryl methyl sites for hydroxylation is 2. The number of amides is 3. The van der Waals surface area contributed by atoms with E-state index in [1.807, 2.05) is 45.0 Å². The Morgan fingerprint density at radius 1 is 0.792 bits per heavy atom. The SMILES string of the molecule is CN(C)C(=O)COc1ccc(CCC[N+]2(CCCc3ccc(OCC(=O)N(C)C)cc3)CCC[C@H](NC(=O)OC(C)(C)C)C2)cc1.O=C([O-])C(F)(F)F. The molecule has 0 spiro atoms. The lowest BCUT2D eigenvalue weighted by molar-refractivity contribution is -0.933. The van der Waals surface area contributed by atoms with Crippen LogP contribution in [0.25, 0.3) is 0 Å². The molecule has 296 valence electrons. The Morgan fingerprint density at radius 3 is 1.57 bits per heavy atom. The molecule has 3 rings (SSSR count). The zero-order valence-corrected chi connectivity index (χ0v) is 31.9. The maximum atomic E-state index is 12.6. The van der Waals surface area contributed by atoms with Crippen LogP contribution >= 0.6 is 0 Å². The Bertz CT molecular complexity index is 1390. The van der Waals surface area contributed by atoms with Crippen LogP contribution < -0.4 is 19.9 Å². The van der Waals surface area contributed by atoms with Crippen LogP contribution in [0.5, 0.6) is 11.5 Å². The molecule has 15 heteroatoms. The van der Waals surface area contributed by atoms with Crippen LogP contribution in [0.1, 0.15) is 57.6 Å². The molecule has 0 bridgehead atoms. The van der Waals surface area contributed by atoms with E-state index in [4.69, 9.17) is 24.1 Å². The second-order valence-corrected chi connectivity index (χ2v) is 14.6. The van der Waals surface area contributed by atoms with Crippen LogP contribution in [0.3, 0.4) is 0 Å². The van der Waals surface area contributed by atoms with Crippen molar-refractivity contribution in [1.29, 1.82) is 0 Å². The van der Waals surface area contributed by atoms with E-state index in [0.29, 0.717) is 11.5 Å². The smallest absolute Gasteiger partial charge is 0.430 e. The topological polar surface area (TPSA) is 138 Å². The predicted molar refractivity (Wildman–Crippen MR) is 191 cm³/mol. The van der Waals surface area contributed by atoms with Crippen LogP contribution in [0.2, 0.25) is 0 Å². The fourth-order valence-electron chi connectivity index (χ4n) is 5.72. The van der Waals surface area contributed by atoms with E-state index < -0.39 is 17.7 Å². The number of alkyl halides is 3. The molecule has 12 nitrogen and oxygen atoms in total. The summed E-state index contributed by atoms with van der Waals surface area (Å²) in [5.41, 5.74) is 1.94. The van der Waals surface area contributed by atoms with E-state index in [1.165, 1.54) is 20.9 Å². The van der Waals surface area contributed by atoms with Gasteiger partial charge in [0.15, 0.2) is 13.2 Å². The minimum absolute atomic E-state index is 0.0283. The highest BCUT2D eigenvalue weighted by atomic mass is 19.4. The van der Waals surface area contributed by atoms with Gasteiger partial charge in [-0.15, -0.1) is 0 Å². The number of halogens is 3. The van der Waals surface area contributed by atoms with E-state index in [9.17, 15) is 27.6 Å². The average molecular weight is 753 g/mol. The van der Waals surface area contributed by atoms with Gasteiger partial charge in [-0.1, -0.05) is 24.3 Å². The second kappa shape index (κ2) is 20.6. The first-order valence-electron chi connectivity index (χ1n) is 17.6. The number of ether oxygens (including phenoxy) is 3. The van der Waals surface area contributed by atoms with Gasteiger partial charge >= 0.3 is 12.3 Å². The monoisotopic (exact) mass is 752 g/mol. The lowest BCUT2D eigenvalue weighted by Gasteiger charge is -2.45. The van der Waals surface area contributed by atoms with Gasteiger partial charge in [0.25, 0.3) is 11.8 Å². The third kappa shape index (κ3) is 17.7. The molecule has 0 unspecified atom stereocenters. The first kappa shape index (κ1) is 44.6. The molecule has 0 aliphatic carbocycles. The Balaban J connectivity index is 0.00000126. The van der Waals surface area contributed by atoms with Gasteiger partial charge in [0.2, 0.25) is 0 Å². The van der Waals surface area contributed by atoms with Crippen molar-refractivity contribution in [3.63, 3.8) is 0 Å². The van der Waals surface area contributed by atoms with Crippen molar-refractivity contribution in [3.8, 4) is 11.5 Å². The van der Waals surface area contributed by atoms with Crippen molar-refractivity contribution in [3.05, 3.63) is 59.7 Å². The zero-order valence-electron chi connectivity index (χ0n) is 31.9. The Morgan fingerprint density at radius 2 is 1.21 bits per heavy atom. The lowest BCUT2D eigenvalue weighted by Crippen LogP contribution is -2.60. The molecule has 53 heavy (non-hydrogen) atoms. The summed E-state index contributed by atoms with van der Waals surface area (Å²) in [6, 6.07) is 16.1. The Labute approximate surface area is 310 Å². The molecule has 1 fully saturated rings. The first-order chi connectivity index (χ1) is 24.7. The van der Waals surface area contributed by atoms with Crippen LogP contribution in [-0.4, -0.2) is 124 Å². The molecule has 0 radical (unpaired) electrons. The fourth-order valence-corrected chi connectivity index (χ4v) is 5.72. The summed E-state index contributed by atoms with van der Waals surface area (Å²) in [5, 5.41) is 11.9. The summed E-state index contributed by atoms with van der Waals surface area (Å²) in [6.07, 6.45) is 0.399. The number of likely N-dealkylation sites (N-methyl/N-ethyl adjacent to an activating group) is 2. The average Bonchev–Trinajstić information content (AvgIpc) is 3.06. The number of likely N-dealkylation sites (tertiary alicyclic amines) is 1. The third-order valence-electron chi connectivity index (χ3n) is 8.51. The van der Waals surface area contributed by atoms with Crippen LogP contribution in [0.4, 0.5) is 18.0 Å². The van der Waals surface area contributed by atoms with Gasteiger partial charge < -0.3 is 43.7 Å². The number of nitrogens with zero attached hydrogens (tertiary/aromatic N) is 3. The van der Waals surface area contributed by atoms with Gasteiger partial charge in [-0.25, -0.2) is 4.79 Å². The van der Waals surface area contributed by atoms with Crippen LogP contribution in [0, 0.1) is 0 Å². The van der Waals surface area contributed by atoms with Gasteiger partial charge in [-0.2, -0.15) is 13.2 Å². The van der Waals surface area contributed by atoms with Crippen LogP contribution in [0.15, 0.2) is 48.5 Å². The highest BCUT2D eigenvalue weighted by Crippen LogP contribution is 2.24. The Kier molecular flexibility index (Phi) is 17.4. The summed E-state index contributed by atoms with van der Waals surface area (Å²) in [6.45, 7) is 9.74. The minimum Gasteiger partial charge on any atom is -0.542 e. The first-order valence-corrected chi connectivity index (χ1v) is 17.6. The predicted octanol–water partition coefficient (Wildman–Crippen LogP) is 3.99. The number of hydrogen-bond donors (Lipinski definition) is 1. The second-order valence-electron chi connectivity index (χ2n) is 14.6. The number of piperidine rings is 1. The van der Waals surface area contributed by atoms with E-state index in [2.05, 4.69) is 29.6 Å². The molecule has 3 amide bonds. The molecular formula is C38H55F3N4O8. The van der Waals surface area contributed by atoms with E-state index in [0.717, 1.165) is 69.2 Å². The fraction of sp³-hybridized carbons (Fsp3) is 0.579. The van der Waals surface area contributed by atoms with Crippen molar-refractivity contribution in [2.24, 2.45) is 0 Å². The standard InChI is InChI=1S/C36H54N4O6.C2HF3O2/c1-36(2,3)46-35(43)37-30-13-10-24-40(25-30,22-8-11-28-14-18-31(19-15-28)44-26-33(41)38(4)5)23-9-12-29-16-20-32(21-17-29)45-27-34(42)39(6)7;3-2(4,5)1(6)7/h14-21,30H,8-13,22-27H2,1-7H3;(H,6,7)/t30-;/m0./s1. The van der Waals surface area contributed by atoms with E-state index in [1.54, 1.807) is 28.2 Å². The molecule has 2 aromatic rings. The number of carbonyl (C=O) groups is 4. The summed E-state index contributed by atoms with van der Waals surface area (Å²) in [5.74, 6) is -1.77. The zero-order chi connectivity index (χ0) is 39.8. The molecule has 2 aromatic carbocycles. The van der Waals surface area contributed by atoms with Crippen molar-refractivity contribution in [2.75, 3.05) is 67.6 Å². The quantitative estimate of drug-likeness (QED) is 0.270. The number of quaternary nitrogens is 1. The van der Waals surface area contributed by atoms with Gasteiger partial charge in [-0.3, -0.25) is 9.59 Å². The number of carboxylic acid groups (broad SMARTS) is 1. The summed E-state index contributed by atoms with van der Waals surface area (Å²) in [4.78, 5) is 48.1. The molecule has 1 atom stereocenters. The van der Waals surface area contributed by atoms with E-state index >= 15 is 0 Å². The normalized spacial score (nSPS) is 15.2. The van der Waals surface area contributed by atoms with Gasteiger partial charge in [-0.05, 0) is 81.8 Å².